The van der Waals surface area contributed by atoms with Crippen LogP contribution in [0.1, 0.15) is 24.5 Å². The summed E-state index contributed by atoms with van der Waals surface area (Å²) in [6, 6.07) is 1.91. The molecular formula is C13H20F3N3. The van der Waals surface area contributed by atoms with Crippen molar-refractivity contribution in [2.45, 2.75) is 38.9 Å². The molecule has 2 N–H and O–H groups in total. The SMILES string of the molecule is CCC(N)Cc1cnc(N(C)CC(F)(F)F)c(C)c1. The lowest BCUT2D eigenvalue weighted by atomic mass is 10.0. The van der Waals surface area contributed by atoms with Crippen molar-refractivity contribution in [3.63, 3.8) is 0 Å². The van der Waals surface area contributed by atoms with Crippen LogP contribution < -0.4 is 10.6 Å². The molecular weight excluding hydrogens is 255 g/mol. The first-order chi connectivity index (χ1) is 8.73. The Labute approximate surface area is 111 Å². The highest BCUT2D eigenvalue weighted by atomic mass is 19.4. The van der Waals surface area contributed by atoms with Crippen molar-refractivity contribution in [2.75, 3.05) is 18.5 Å². The third kappa shape index (κ3) is 5.06. The van der Waals surface area contributed by atoms with Gasteiger partial charge in [0.15, 0.2) is 0 Å². The predicted octanol–water partition coefficient (Wildman–Crippen LogP) is 2.67. The lowest BCUT2D eigenvalue weighted by Crippen LogP contribution is -2.32. The first kappa shape index (κ1) is 15.8. The molecule has 0 saturated heterocycles. The zero-order chi connectivity index (χ0) is 14.6. The van der Waals surface area contributed by atoms with Gasteiger partial charge in [-0.05, 0) is 30.9 Å². The van der Waals surface area contributed by atoms with E-state index in [1.807, 2.05) is 13.0 Å². The van der Waals surface area contributed by atoms with E-state index in [1.165, 1.54) is 7.05 Å². The standard InChI is InChI=1S/C13H20F3N3/c1-4-11(17)6-10-5-9(2)12(18-7-10)19(3)8-13(14,15)16/h5,7,11H,4,6,8,17H2,1-3H3. The summed E-state index contributed by atoms with van der Waals surface area (Å²) in [5.41, 5.74) is 7.53. The van der Waals surface area contributed by atoms with E-state index in [1.54, 1.807) is 13.1 Å². The Morgan fingerprint density at radius 2 is 2.05 bits per heavy atom. The van der Waals surface area contributed by atoms with Crippen LogP contribution in [0, 0.1) is 6.92 Å². The number of anilines is 1. The van der Waals surface area contributed by atoms with Gasteiger partial charge in [-0.25, -0.2) is 4.98 Å². The molecule has 1 rings (SSSR count). The molecule has 0 aliphatic rings. The Balaban J connectivity index is 2.82. The van der Waals surface area contributed by atoms with Crippen molar-refractivity contribution < 1.29 is 13.2 Å². The lowest BCUT2D eigenvalue weighted by molar-refractivity contribution is -0.119. The molecule has 0 bridgehead atoms. The first-order valence-corrected chi connectivity index (χ1v) is 6.22. The maximum atomic E-state index is 12.3. The van der Waals surface area contributed by atoms with Crippen molar-refractivity contribution in [2.24, 2.45) is 5.73 Å². The highest BCUT2D eigenvalue weighted by molar-refractivity contribution is 5.46. The monoisotopic (exact) mass is 275 g/mol. The number of alkyl halides is 3. The van der Waals surface area contributed by atoms with Gasteiger partial charge in [0, 0.05) is 19.3 Å². The average Bonchev–Trinajstić information content (AvgIpc) is 2.26. The number of rotatable bonds is 5. The highest BCUT2D eigenvalue weighted by Crippen LogP contribution is 2.22. The minimum absolute atomic E-state index is 0.0555. The summed E-state index contributed by atoms with van der Waals surface area (Å²) in [6.07, 6.45) is -1.08. The van der Waals surface area contributed by atoms with Crippen LogP contribution in [-0.4, -0.2) is 30.8 Å². The van der Waals surface area contributed by atoms with Crippen LogP contribution in [0.2, 0.25) is 0 Å². The second-order valence-corrected chi connectivity index (χ2v) is 4.83. The number of pyridine rings is 1. The molecule has 0 fully saturated rings. The van der Waals surface area contributed by atoms with E-state index >= 15 is 0 Å². The van der Waals surface area contributed by atoms with Gasteiger partial charge in [-0.3, -0.25) is 0 Å². The van der Waals surface area contributed by atoms with E-state index in [9.17, 15) is 13.2 Å². The molecule has 1 heterocycles. The van der Waals surface area contributed by atoms with E-state index in [0.29, 0.717) is 12.2 Å². The Bertz CT molecular complexity index is 418. The van der Waals surface area contributed by atoms with Crippen molar-refractivity contribution in [1.29, 1.82) is 0 Å². The Morgan fingerprint density at radius 3 is 2.53 bits per heavy atom. The molecule has 0 spiro atoms. The highest BCUT2D eigenvalue weighted by Gasteiger charge is 2.30. The normalized spacial score (nSPS) is 13.4. The van der Waals surface area contributed by atoms with Gasteiger partial charge in [-0.15, -0.1) is 0 Å². The van der Waals surface area contributed by atoms with E-state index in [-0.39, 0.29) is 6.04 Å². The molecule has 6 heteroatoms. The number of aryl methyl sites for hydroxylation is 1. The van der Waals surface area contributed by atoms with Crippen LogP contribution in [0.25, 0.3) is 0 Å². The van der Waals surface area contributed by atoms with Gasteiger partial charge in [0.2, 0.25) is 0 Å². The molecule has 0 aromatic carbocycles. The maximum absolute atomic E-state index is 12.3. The number of nitrogens with zero attached hydrogens (tertiary/aromatic N) is 2. The minimum atomic E-state index is -4.23. The Kier molecular flexibility index (Phi) is 5.17. The Hall–Kier alpha value is -1.30. The molecule has 3 nitrogen and oxygen atoms in total. The topological polar surface area (TPSA) is 42.1 Å². The van der Waals surface area contributed by atoms with Crippen molar-refractivity contribution in [3.05, 3.63) is 23.4 Å². The molecule has 108 valence electrons. The molecule has 0 saturated carbocycles. The summed E-state index contributed by atoms with van der Waals surface area (Å²) in [6.45, 7) is 2.75. The number of aromatic nitrogens is 1. The molecule has 0 aliphatic carbocycles. The van der Waals surface area contributed by atoms with Crippen LogP contribution in [0.4, 0.5) is 19.0 Å². The van der Waals surface area contributed by atoms with Gasteiger partial charge < -0.3 is 10.6 Å². The minimum Gasteiger partial charge on any atom is -0.350 e. The van der Waals surface area contributed by atoms with Crippen LogP contribution in [0.3, 0.4) is 0 Å². The summed E-state index contributed by atoms with van der Waals surface area (Å²) in [4.78, 5) is 5.23. The summed E-state index contributed by atoms with van der Waals surface area (Å²) >= 11 is 0. The lowest BCUT2D eigenvalue weighted by Gasteiger charge is -2.22. The zero-order valence-corrected chi connectivity index (χ0v) is 11.5. The summed E-state index contributed by atoms with van der Waals surface area (Å²) in [7, 11) is 1.39. The van der Waals surface area contributed by atoms with E-state index in [2.05, 4.69) is 4.98 Å². The summed E-state index contributed by atoms with van der Waals surface area (Å²) in [5.74, 6) is 0.353. The number of nitrogens with two attached hydrogens (primary N) is 1. The summed E-state index contributed by atoms with van der Waals surface area (Å²) in [5, 5.41) is 0. The molecule has 19 heavy (non-hydrogen) atoms. The van der Waals surface area contributed by atoms with Crippen LogP contribution in [-0.2, 0) is 6.42 Å². The van der Waals surface area contributed by atoms with E-state index in [4.69, 9.17) is 5.73 Å². The van der Waals surface area contributed by atoms with Gasteiger partial charge in [0.05, 0.1) is 0 Å². The molecule has 1 aromatic rings. The molecule has 0 amide bonds. The molecule has 0 radical (unpaired) electrons. The smallest absolute Gasteiger partial charge is 0.350 e. The molecule has 1 unspecified atom stereocenters. The second kappa shape index (κ2) is 6.23. The zero-order valence-electron chi connectivity index (χ0n) is 11.5. The second-order valence-electron chi connectivity index (χ2n) is 4.83. The van der Waals surface area contributed by atoms with Crippen molar-refractivity contribution in [1.82, 2.24) is 4.98 Å². The average molecular weight is 275 g/mol. The van der Waals surface area contributed by atoms with E-state index < -0.39 is 12.7 Å². The van der Waals surface area contributed by atoms with E-state index in [0.717, 1.165) is 22.4 Å². The molecule has 1 atom stereocenters. The fourth-order valence-electron chi connectivity index (χ4n) is 1.93. The van der Waals surface area contributed by atoms with Gasteiger partial charge in [-0.2, -0.15) is 13.2 Å². The van der Waals surface area contributed by atoms with Crippen molar-refractivity contribution in [3.8, 4) is 0 Å². The number of hydrogen-bond acceptors (Lipinski definition) is 3. The maximum Gasteiger partial charge on any atom is 0.405 e. The van der Waals surface area contributed by atoms with Crippen LogP contribution in [0.15, 0.2) is 12.3 Å². The van der Waals surface area contributed by atoms with Gasteiger partial charge in [0.25, 0.3) is 0 Å². The number of hydrogen-bond donors (Lipinski definition) is 1. The van der Waals surface area contributed by atoms with Gasteiger partial charge >= 0.3 is 6.18 Å². The fourth-order valence-corrected chi connectivity index (χ4v) is 1.93. The van der Waals surface area contributed by atoms with Crippen LogP contribution in [0.5, 0.6) is 0 Å². The Morgan fingerprint density at radius 1 is 1.42 bits per heavy atom. The molecule has 0 aliphatic heterocycles. The predicted molar refractivity (Wildman–Crippen MR) is 70.3 cm³/mol. The van der Waals surface area contributed by atoms with Gasteiger partial charge in [0.1, 0.15) is 12.4 Å². The third-order valence-corrected chi connectivity index (χ3v) is 2.91. The van der Waals surface area contributed by atoms with Crippen LogP contribution >= 0.6 is 0 Å². The van der Waals surface area contributed by atoms with Gasteiger partial charge in [-0.1, -0.05) is 13.0 Å². The fraction of sp³-hybridized carbons (Fsp3) is 0.615. The largest absolute Gasteiger partial charge is 0.405 e. The molecule has 1 aromatic heterocycles. The quantitative estimate of drug-likeness (QED) is 0.898. The first-order valence-electron chi connectivity index (χ1n) is 6.22. The third-order valence-electron chi connectivity index (χ3n) is 2.91. The van der Waals surface area contributed by atoms with Crippen molar-refractivity contribution >= 4 is 5.82 Å². The summed E-state index contributed by atoms with van der Waals surface area (Å²) < 4.78 is 37.0. The number of halogens is 3.